The lowest BCUT2D eigenvalue weighted by Crippen LogP contribution is -2.37. The Labute approximate surface area is 176 Å². The number of halogens is 3. The number of amides is 3. The molecule has 0 unspecified atom stereocenters. The summed E-state index contributed by atoms with van der Waals surface area (Å²) >= 11 is 0. The topological polar surface area (TPSA) is 87.7 Å². The highest BCUT2D eigenvalue weighted by molar-refractivity contribution is 6.01. The van der Waals surface area contributed by atoms with E-state index in [9.17, 15) is 27.6 Å². The highest BCUT2D eigenvalue weighted by Crippen LogP contribution is 2.30. The van der Waals surface area contributed by atoms with Gasteiger partial charge in [-0.1, -0.05) is 0 Å². The zero-order valence-electron chi connectivity index (χ0n) is 16.5. The summed E-state index contributed by atoms with van der Waals surface area (Å²) in [6, 6.07) is 10.8. The Kier molecular flexibility index (Phi) is 6.47. The van der Waals surface area contributed by atoms with E-state index >= 15 is 0 Å². The van der Waals surface area contributed by atoms with E-state index in [0.717, 1.165) is 24.3 Å². The third kappa shape index (κ3) is 5.53. The van der Waals surface area contributed by atoms with Gasteiger partial charge in [-0.3, -0.25) is 14.4 Å². The number of hydrogen-bond acceptors (Lipinski definition) is 4. The van der Waals surface area contributed by atoms with Crippen LogP contribution in [0.1, 0.15) is 12.0 Å². The van der Waals surface area contributed by atoms with Gasteiger partial charge in [0.05, 0.1) is 25.1 Å². The number of ether oxygens (including phenoxy) is 1. The minimum atomic E-state index is -4.46. The van der Waals surface area contributed by atoms with E-state index in [2.05, 4.69) is 10.6 Å². The Morgan fingerprint density at radius 2 is 1.74 bits per heavy atom. The number of benzene rings is 2. The van der Waals surface area contributed by atoms with Gasteiger partial charge in [-0.2, -0.15) is 13.2 Å². The molecule has 1 heterocycles. The molecule has 164 valence electrons. The molecule has 0 aromatic heterocycles. The van der Waals surface area contributed by atoms with E-state index in [0.29, 0.717) is 11.4 Å². The quantitative estimate of drug-likeness (QED) is 0.731. The summed E-state index contributed by atoms with van der Waals surface area (Å²) in [7, 11) is 1.53. The van der Waals surface area contributed by atoms with Crippen molar-refractivity contribution in [2.24, 2.45) is 5.92 Å². The van der Waals surface area contributed by atoms with Gasteiger partial charge >= 0.3 is 6.18 Å². The molecule has 0 bridgehead atoms. The normalized spacial score (nSPS) is 16.2. The van der Waals surface area contributed by atoms with Crippen LogP contribution in [0.3, 0.4) is 0 Å². The van der Waals surface area contributed by atoms with Crippen molar-refractivity contribution in [1.29, 1.82) is 0 Å². The first-order valence-corrected chi connectivity index (χ1v) is 9.36. The average Bonchev–Trinajstić information content (AvgIpc) is 3.13. The number of methoxy groups -OCH3 is 1. The second-order valence-electron chi connectivity index (χ2n) is 6.94. The van der Waals surface area contributed by atoms with Crippen LogP contribution in [0.15, 0.2) is 48.5 Å². The van der Waals surface area contributed by atoms with Crippen LogP contribution in [0.25, 0.3) is 0 Å². The van der Waals surface area contributed by atoms with Crippen LogP contribution in [0.2, 0.25) is 0 Å². The minimum Gasteiger partial charge on any atom is -0.497 e. The fourth-order valence-corrected chi connectivity index (χ4v) is 3.15. The average molecular weight is 435 g/mol. The predicted molar refractivity (Wildman–Crippen MR) is 107 cm³/mol. The lowest BCUT2D eigenvalue weighted by Gasteiger charge is -2.17. The van der Waals surface area contributed by atoms with Crippen molar-refractivity contribution >= 4 is 29.1 Å². The number of nitrogens with zero attached hydrogens (tertiary/aromatic N) is 1. The Balaban J connectivity index is 1.50. The highest BCUT2D eigenvalue weighted by atomic mass is 19.4. The number of hydrogen-bond donors (Lipinski definition) is 2. The molecule has 0 saturated carbocycles. The van der Waals surface area contributed by atoms with Gasteiger partial charge in [0.2, 0.25) is 17.7 Å². The van der Waals surface area contributed by atoms with E-state index in [-0.39, 0.29) is 31.1 Å². The fourth-order valence-electron chi connectivity index (χ4n) is 3.15. The van der Waals surface area contributed by atoms with E-state index in [4.69, 9.17) is 4.74 Å². The second kappa shape index (κ2) is 9.07. The number of alkyl halides is 3. The smallest absolute Gasteiger partial charge is 0.416 e. The van der Waals surface area contributed by atoms with Gasteiger partial charge in [-0.05, 0) is 48.5 Å². The Bertz CT molecular complexity index is 959. The largest absolute Gasteiger partial charge is 0.497 e. The van der Waals surface area contributed by atoms with Crippen LogP contribution in [0, 0.1) is 5.92 Å². The van der Waals surface area contributed by atoms with Crippen molar-refractivity contribution in [2.45, 2.75) is 12.6 Å². The summed E-state index contributed by atoms with van der Waals surface area (Å²) in [5, 5.41) is 4.87. The third-order valence-corrected chi connectivity index (χ3v) is 4.80. The zero-order valence-corrected chi connectivity index (χ0v) is 16.5. The maximum absolute atomic E-state index is 12.6. The molecule has 2 aromatic rings. The van der Waals surface area contributed by atoms with Crippen molar-refractivity contribution < 1.29 is 32.3 Å². The summed E-state index contributed by atoms with van der Waals surface area (Å²) in [6.07, 6.45) is -4.45. The number of carbonyl (C=O) groups excluding carboxylic acids is 3. The maximum atomic E-state index is 12.6. The zero-order chi connectivity index (χ0) is 22.6. The van der Waals surface area contributed by atoms with Crippen LogP contribution in [-0.4, -0.2) is 37.9 Å². The van der Waals surface area contributed by atoms with Crippen LogP contribution >= 0.6 is 0 Å². The molecule has 3 amide bonds. The van der Waals surface area contributed by atoms with E-state index in [1.807, 2.05) is 0 Å². The Morgan fingerprint density at radius 1 is 1.10 bits per heavy atom. The molecule has 0 aliphatic carbocycles. The number of nitrogens with one attached hydrogen (secondary N) is 2. The molecule has 1 atom stereocenters. The molecule has 2 N–H and O–H groups in total. The van der Waals surface area contributed by atoms with Gasteiger partial charge < -0.3 is 20.3 Å². The number of rotatable bonds is 6. The van der Waals surface area contributed by atoms with Crippen molar-refractivity contribution in [3.8, 4) is 5.75 Å². The second-order valence-corrected chi connectivity index (χ2v) is 6.94. The molecule has 1 aliphatic rings. The first-order chi connectivity index (χ1) is 14.7. The lowest BCUT2D eigenvalue weighted by atomic mass is 10.1. The standard InChI is InChI=1S/C21H20F3N3O4/c1-31-17-8-6-16(7-9-17)27-12-13(10-19(27)29)20(30)25-11-18(28)26-15-4-2-14(3-5-15)21(22,23)24/h2-9,13H,10-12H2,1H3,(H,25,30)(H,26,28)/t13-/m1/s1. The highest BCUT2D eigenvalue weighted by Gasteiger charge is 2.35. The fraction of sp³-hybridized carbons (Fsp3) is 0.286. The molecular weight excluding hydrogens is 415 g/mol. The maximum Gasteiger partial charge on any atom is 0.416 e. The summed E-state index contributed by atoms with van der Waals surface area (Å²) in [4.78, 5) is 38.1. The van der Waals surface area contributed by atoms with Gasteiger partial charge in [-0.25, -0.2) is 0 Å². The number of carbonyl (C=O) groups is 3. The molecule has 1 saturated heterocycles. The summed E-state index contributed by atoms with van der Waals surface area (Å²) in [5.74, 6) is -1.23. The molecule has 1 aliphatic heterocycles. The van der Waals surface area contributed by atoms with Gasteiger partial charge in [0.15, 0.2) is 0 Å². The van der Waals surface area contributed by atoms with Crippen molar-refractivity contribution in [3.05, 3.63) is 54.1 Å². The number of anilines is 2. The van der Waals surface area contributed by atoms with Gasteiger partial charge in [0, 0.05) is 24.3 Å². The van der Waals surface area contributed by atoms with Crippen molar-refractivity contribution in [1.82, 2.24) is 5.32 Å². The van der Waals surface area contributed by atoms with Gasteiger partial charge in [0.25, 0.3) is 0 Å². The SMILES string of the molecule is COc1ccc(N2C[C@H](C(=O)NCC(=O)Nc3ccc(C(F)(F)F)cc3)CC2=O)cc1. The molecule has 0 radical (unpaired) electrons. The van der Waals surface area contributed by atoms with Gasteiger partial charge in [0.1, 0.15) is 5.75 Å². The summed E-state index contributed by atoms with van der Waals surface area (Å²) in [6.45, 7) is -0.190. The Hall–Kier alpha value is -3.56. The van der Waals surface area contributed by atoms with Crippen molar-refractivity contribution in [2.75, 3.05) is 30.4 Å². The minimum absolute atomic E-state index is 0.0123. The van der Waals surface area contributed by atoms with E-state index < -0.39 is 29.5 Å². The molecule has 10 heteroatoms. The van der Waals surface area contributed by atoms with Crippen LogP contribution in [-0.2, 0) is 20.6 Å². The molecule has 7 nitrogen and oxygen atoms in total. The lowest BCUT2D eigenvalue weighted by molar-refractivity contribution is -0.137. The first-order valence-electron chi connectivity index (χ1n) is 9.36. The molecular formula is C21H20F3N3O4. The molecule has 2 aromatic carbocycles. The Morgan fingerprint density at radius 3 is 2.32 bits per heavy atom. The van der Waals surface area contributed by atoms with E-state index in [1.54, 1.807) is 24.3 Å². The molecule has 0 spiro atoms. The molecule has 31 heavy (non-hydrogen) atoms. The van der Waals surface area contributed by atoms with Crippen LogP contribution in [0.5, 0.6) is 5.75 Å². The molecule has 3 rings (SSSR count). The van der Waals surface area contributed by atoms with E-state index in [1.165, 1.54) is 12.0 Å². The van der Waals surface area contributed by atoms with Crippen molar-refractivity contribution in [3.63, 3.8) is 0 Å². The van der Waals surface area contributed by atoms with Gasteiger partial charge in [-0.15, -0.1) is 0 Å². The predicted octanol–water partition coefficient (Wildman–Crippen LogP) is 2.82. The summed E-state index contributed by atoms with van der Waals surface area (Å²) < 4.78 is 42.8. The summed E-state index contributed by atoms with van der Waals surface area (Å²) in [5.41, 5.74) is -0.0127. The monoisotopic (exact) mass is 435 g/mol. The molecule has 1 fully saturated rings. The van der Waals surface area contributed by atoms with Crippen LogP contribution < -0.4 is 20.3 Å². The first kappa shape index (κ1) is 22.1. The third-order valence-electron chi connectivity index (χ3n) is 4.80. The van der Waals surface area contributed by atoms with Crippen LogP contribution in [0.4, 0.5) is 24.5 Å².